The number of ether oxygens (including phenoxy) is 5. The number of hydrogen-bond acceptors (Lipinski definition) is 7. The molecule has 0 amide bonds. The summed E-state index contributed by atoms with van der Waals surface area (Å²) < 4.78 is 27.6. The normalized spacial score (nSPS) is 32.4. The van der Waals surface area contributed by atoms with Crippen LogP contribution in [-0.4, -0.2) is 56.3 Å². The largest absolute Gasteiger partial charge is 0.497 e. The highest BCUT2D eigenvalue weighted by atomic mass is 16.7. The smallest absolute Gasteiger partial charge is 0.308 e. The molecule has 2 aliphatic heterocycles. The van der Waals surface area contributed by atoms with Gasteiger partial charge in [0.2, 0.25) is 0 Å². The van der Waals surface area contributed by atoms with Gasteiger partial charge in [0.1, 0.15) is 11.9 Å². The third-order valence-corrected chi connectivity index (χ3v) is 4.63. The molecule has 0 bridgehead atoms. The average Bonchev–Trinajstić information content (AvgIpc) is 2.80. The number of hydrogen-bond donors (Lipinski definition) is 1. The van der Waals surface area contributed by atoms with E-state index in [2.05, 4.69) is 4.74 Å². The molecule has 25 heavy (non-hydrogen) atoms. The van der Waals surface area contributed by atoms with Crippen molar-refractivity contribution in [3.8, 4) is 5.75 Å². The van der Waals surface area contributed by atoms with Gasteiger partial charge in [-0.25, -0.2) is 0 Å². The van der Waals surface area contributed by atoms with Crippen LogP contribution in [-0.2, 0) is 23.7 Å². The minimum absolute atomic E-state index is 0.0167. The lowest BCUT2D eigenvalue weighted by molar-refractivity contribution is -0.270. The van der Waals surface area contributed by atoms with Crippen molar-refractivity contribution in [3.05, 3.63) is 29.8 Å². The summed E-state index contributed by atoms with van der Waals surface area (Å²) >= 11 is 0. The highest BCUT2D eigenvalue weighted by Crippen LogP contribution is 2.34. The van der Waals surface area contributed by atoms with Gasteiger partial charge in [0.05, 0.1) is 45.6 Å². The summed E-state index contributed by atoms with van der Waals surface area (Å²) in [5.74, 6) is 0.361. The number of rotatable bonds is 4. The molecule has 1 N–H and O–H groups in total. The van der Waals surface area contributed by atoms with Gasteiger partial charge in [0.15, 0.2) is 6.29 Å². The zero-order valence-electron chi connectivity index (χ0n) is 14.4. The molecule has 2 heterocycles. The Morgan fingerprint density at radius 3 is 2.60 bits per heavy atom. The second kappa shape index (κ2) is 8.14. The fourth-order valence-electron chi connectivity index (χ4n) is 3.16. The number of benzene rings is 1. The van der Waals surface area contributed by atoms with Crippen molar-refractivity contribution in [3.63, 3.8) is 0 Å². The van der Waals surface area contributed by atoms with E-state index >= 15 is 0 Å². The van der Waals surface area contributed by atoms with E-state index < -0.39 is 24.5 Å². The molecule has 3 rings (SSSR count). The van der Waals surface area contributed by atoms with Crippen LogP contribution in [0, 0.1) is 0 Å². The molecule has 0 aliphatic carbocycles. The van der Waals surface area contributed by atoms with Crippen LogP contribution in [0.15, 0.2) is 24.3 Å². The molecule has 2 aliphatic rings. The maximum absolute atomic E-state index is 11.5. The van der Waals surface area contributed by atoms with Crippen LogP contribution in [0.4, 0.5) is 0 Å². The van der Waals surface area contributed by atoms with E-state index in [9.17, 15) is 9.90 Å². The summed E-state index contributed by atoms with van der Waals surface area (Å²) in [5.41, 5.74) is 0.898. The molecule has 138 valence electrons. The van der Waals surface area contributed by atoms with Gasteiger partial charge < -0.3 is 28.8 Å². The first-order valence-electron chi connectivity index (χ1n) is 8.42. The molecule has 0 radical (unpaired) electrons. The first kappa shape index (κ1) is 18.1. The van der Waals surface area contributed by atoms with Gasteiger partial charge in [-0.1, -0.05) is 12.1 Å². The monoisotopic (exact) mass is 352 g/mol. The summed E-state index contributed by atoms with van der Waals surface area (Å²) in [4.78, 5) is 11.5. The van der Waals surface area contributed by atoms with Crippen molar-refractivity contribution in [2.75, 3.05) is 20.8 Å². The van der Waals surface area contributed by atoms with Crippen LogP contribution >= 0.6 is 0 Å². The molecule has 2 fully saturated rings. The van der Waals surface area contributed by atoms with E-state index in [0.29, 0.717) is 19.4 Å². The van der Waals surface area contributed by atoms with Crippen molar-refractivity contribution < 1.29 is 33.6 Å². The third-order valence-electron chi connectivity index (χ3n) is 4.63. The van der Waals surface area contributed by atoms with Gasteiger partial charge in [-0.3, -0.25) is 4.79 Å². The van der Waals surface area contributed by atoms with Crippen LogP contribution < -0.4 is 4.74 Å². The Hall–Kier alpha value is -1.67. The molecule has 1 aromatic rings. The van der Waals surface area contributed by atoms with Crippen LogP contribution in [0.25, 0.3) is 0 Å². The second-order valence-electron chi connectivity index (χ2n) is 6.25. The Morgan fingerprint density at radius 2 is 1.92 bits per heavy atom. The van der Waals surface area contributed by atoms with E-state index in [4.69, 9.17) is 18.9 Å². The molecule has 5 atom stereocenters. The van der Waals surface area contributed by atoms with Crippen LogP contribution in [0.5, 0.6) is 5.75 Å². The fraction of sp³-hybridized carbons (Fsp3) is 0.611. The first-order valence-corrected chi connectivity index (χ1v) is 8.42. The number of carbonyl (C=O) groups is 1. The van der Waals surface area contributed by atoms with Gasteiger partial charge in [0.25, 0.3) is 0 Å². The maximum atomic E-state index is 11.5. The number of esters is 1. The Morgan fingerprint density at radius 1 is 1.16 bits per heavy atom. The Bertz CT molecular complexity index is 573. The minimum atomic E-state index is -0.729. The summed E-state index contributed by atoms with van der Waals surface area (Å²) in [6.45, 7) is 0.339. The minimum Gasteiger partial charge on any atom is -0.497 e. The Balaban J connectivity index is 1.64. The van der Waals surface area contributed by atoms with E-state index in [0.717, 1.165) is 11.3 Å². The Kier molecular flexibility index (Phi) is 5.90. The lowest BCUT2D eigenvalue weighted by Crippen LogP contribution is -2.43. The van der Waals surface area contributed by atoms with E-state index in [1.54, 1.807) is 7.11 Å². The van der Waals surface area contributed by atoms with Crippen LogP contribution in [0.1, 0.15) is 31.1 Å². The number of methoxy groups -OCH3 is 2. The number of aliphatic hydroxyl groups is 1. The molecular weight excluding hydrogens is 328 g/mol. The molecular formula is C18H24O7. The van der Waals surface area contributed by atoms with E-state index in [-0.39, 0.29) is 18.6 Å². The quantitative estimate of drug-likeness (QED) is 0.824. The van der Waals surface area contributed by atoms with E-state index in [1.165, 1.54) is 7.11 Å². The predicted molar refractivity (Wildman–Crippen MR) is 87.1 cm³/mol. The molecule has 7 nitrogen and oxygen atoms in total. The molecule has 0 unspecified atom stereocenters. The molecule has 1 aromatic carbocycles. The standard InChI is InChI=1S/C18H24O7/c1-21-12-5-3-11(4-6-12)18-23-10-16-14(25-18)8-7-13(19)15(24-16)9-17(20)22-2/h3-6,13-16,18-19H,7-10H2,1-2H3/t13-,14+,15+,16-,18-/m1/s1. The van der Waals surface area contributed by atoms with Crippen molar-refractivity contribution in [2.24, 2.45) is 0 Å². The number of fused-ring (bicyclic) bond motifs is 1. The highest BCUT2D eigenvalue weighted by Gasteiger charge is 2.40. The molecule has 0 spiro atoms. The lowest BCUT2D eigenvalue weighted by atomic mass is 10.0. The SMILES string of the molecule is COC(=O)C[C@@H]1O[C@@H]2CO[C@@H](c3ccc(OC)cc3)O[C@H]2CC[C@H]1O. The summed E-state index contributed by atoms with van der Waals surface area (Å²) in [7, 11) is 2.94. The zero-order valence-corrected chi connectivity index (χ0v) is 14.4. The number of aliphatic hydroxyl groups excluding tert-OH is 1. The Labute approximate surface area is 146 Å². The van der Waals surface area contributed by atoms with Gasteiger partial charge in [-0.2, -0.15) is 0 Å². The van der Waals surface area contributed by atoms with Gasteiger partial charge in [-0.05, 0) is 25.0 Å². The van der Waals surface area contributed by atoms with Crippen molar-refractivity contribution >= 4 is 5.97 Å². The zero-order chi connectivity index (χ0) is 17.8. The second-order valence-corrected chi connectivity index (χ2v) is 6.25. The van der Waals surface area contributed by atoms with Crippen LogP contribution in [0.3, 0.4) is 0 Å². The van der Waals surface area contributed by atoms with Crippen molar-refractivity contribution in [2.45, 2.75) is 50.0 Å². The first-order chi connectivity index (χ1) is 12.1. The summed E-state index contributed by atoms with van der Waals surface area (Å²) in [6.07, 6.45) is -1.18. The summed E-state index contributed by atoms with van der Waals surface area (Å²) in [6, 6.07) is 7.51. The molecule has 2 saturated heterocycles. The fourth-order valence-corrected chi connectivity index (χ4v) is 3.16. The highest BCUT2D eigenvalue weighted by molar-refractivity contribution is 5.69. The molecule has 0 aromatic heterocycles. The maximum Gasteiger partial charge on any atom is 0.308 e. The molecule has 0 saturated carbocycles. The number of carbonyl (C=O) groups excluding carboxylic acids is 1. The van der Waals surface area contributed by atoms with Gasteiger partial charge in [0, 0.05) is 5.56 Å². The third kappa shape index (κ3) is 4.30. The van der Waals surface area contributed by atoms with Crippen molar-refractivity contribution in [1.82, 2.24) is 0 Å². The predicted octanol–water partition coefficient (Wildman–Crippen LogP) is 1.58. The van der Waals surface area contributed by atoms with Crippen molar-refractivity contribution in [1.29, 1.82) is 0 Å². The lowest BCUT2D eigenvalue weighted by Gasteiger charge is -2.36. The van der Waals surface area contributed by atoms with E-state index in [1.807, 2.05) is 24.3 Å². The summed E-state index contributed by atoms with van der Waals surface area (Å²) in [5, 5.41) is 10.2. The topological polar surface area (TPSA) is 83.5 Å². The van der Waals surface area contributed by atoms with Gasteiger partial charge >= 0.3 is 5.97 Å². The molecule has 7 heteroatoms. The average molecular weight is 352 g/mol. The van der Waals surface area contributed by atoms with Crippen LogP contribution in [0.2, 0.25) is 0 Å². The van der Waals surface area contributed by atoms with Gasteiger partial charge in [-0.15, -0.1) is 0 Å².